The Morgan fingerprint density at radius 3 is 2.57 bits per heavy atom. The van der Waals surface area contributed by atoms with Gasteiger partial charge in [-0.25, -0.2) is 4.39 Å². The van der Waals surface area contributed by atoms with Crippen molar-refractivity contribution >= 4 is 23.2 Å². The number of halogens is 1. The Morgan fingerprint density at radius 2 is 1.86 bits per heavy atom. The minimum absolute atomic E-state index is 0.0231. The molecule has 0 unspecified atom stereocenters. The molecule has 0 radical (unpaired) electrons. The molecule has 1 N–H and O–H groups in total. The second-order valence-electron chi connectivity index (χ2n) is 7.75. The summed E-state index contributed by atoms with van der Waals surface area (Å²) in [6.07, 6.45) is 7.52. The third-order valence-corrected chi connectivity index (χ3v) is 6.81. The number of nitrogens with one attached hydrogen (secondary N) is 1. The summed E-state index contributed by atoms with van der Waals surface area (Å²) in [5, 5.41) is 3.06. The second kappa shape index (κ2) is 8.43. The minimum Gasteiger partial charge on any atom is -0.352 e. The van der Waals surface area contributed by atoms with Gasteiger partial charge in [0.2, 0.25) is 5.91 Å². The summed E-state index contributed by atoms with van der Waals surface area (Å²) in [5.74, 6) is -0.549. The number of benzene rings is 1. The lowest BCUT2D eigenvalue weighted by Gasteiger charge is -2.23. The summed E-state index contributed by atoms with van der Waals surface area (Å²) >= 11 is 1.55. The summed E-state index contributed by atoms with van der Waals surface area (Å²) in [6, 6.07) is 8.31. The molecule has 1 fully saturated rings. The van der Waals surface area contributed by atoms with Gasteiger partial charge in [0.05, 0.1) is 4.88 Å². The van der Waals surface area contributed by atoms with Crippen molar-refractivity contribution in [2.45, 2.75) is 57.5 Å². The molecule has 1 aromatic heterocycles. The molecule has 28 heavy (non-hydrogen) atoms. The van der Waals surface area contributed by atoms with Gasteiger partial charge in [-0.15, -0.1) is 11.3 Å². The van der Waals surface area contributed by atoms with E-state index in [1.54, 1.807) is 28.4 Å². The van der Waals surface area contributed by atoms with E-state index in [4.69, 9.17) is 0 Å². The minimum atomic E-state index is -0.310. The van der Waals surface area contributed by atoms with Crippen molar-refractivity contribution in [1.29, 1.82) is 0 Å². The van der Waals surface area contributed by atoms with E-state index in [0.29, 0.717) is 11.4 Å². The van der Waals surface area contributed by atoms with Gasteiger partial charge in [-0.3, -0.25) is 9.59 Å². The first-order valence-corrected chi connectivity index (χ1v) is 10.8. The molecule has 4 rings (SSSR count). The predicted molar refractivity (Wildman–Crippen MR) is 108 cm³/mol. The lowest BCUT2D eigenvalue weighted by molar-refractivity contribution is -0.122. The van der Waals surface area contributed by atoms with Crippen LogP contribution in [0, 0.1) is 5.82 Å². The van der Waals surface area contributed by atoms with Crippen LogP contribution >= 0.6 is 11.3 Å². The Kier molecular flexibility index (Phi) is 5.76. The Balaban J connectivity index is 1.50. The normalized spacial score (nSPS) is 16.2. The first-order valence-electron chi connectivity index (χ1n) is 10.0. The van der Waals surface area contributed by atoms with E-state index in [2.05, 4.69) is 5.32 Å². The topological polar surface area (TPSA) is 49.4 Å². The van der Waals surface area contributed by atoms with Crippen molar-refractivity contribution in [1.82, 2.24) is 10.2 Å². The average Bonchev–Trinajstić information content (AvgIpc) is 3.39. The van der Waals surface area contributed by atoms with Gasteiger partial charge in [0, 0.05) is 17.5 Å². The van der Waals surface area contributed by atoms with E-state index < -0.39 is 0 Å². The Morgan fingerprint density at radius 1 is 1.11 bits per heavy atom. The quantitative estimate of drug-likeness (QED) is 0.794. The smallest absolute Gasteiger partial charge is 0.264 e. The molecule has 1 aromatic carbocycles. The molecule has 2 amide bonds. The van der Waals surface area contributed by atoms with Crippen LogP contribution in [-0.4, -0.2) is 29.3 Å². The van der Waals surface area contributed by atoms with Crippen molar-refractivity contribution in [2.24, 2.45) is 0 Å². The van der Waals surface area contributed by atoms with E-state index in [0.717, 1.165) is 50.5 Å². The number of hydrogen-bond acceptors (Lipinski definition) is 3. The number of nitrogens with zero attached hydrogens (tertiary/aromatic N) is 1. The number of amides is 2. The van der Waals surface area contributed by atoms with Crippen molar-refractivity contribution in [3.63, 3.8) is 0 Å². The molecule has 0 bridgehead atoms. The van der Waals surface area contributed by atoms with Crippen LogP contribution in [0.3, 0.4) is 0 Å². The lowest BCUT2D eigenvalue weighted by Crippen LogP contribution is -2.43. The van der Waals surface area contributed by atoms with Crippen LogP contribution in [-0.2, 0) is 24.2 Å². The van der Waals surface area contributed by atoms with Gasteiger partial charge in [0.25, 0.3) is 5.91 Å². The van der Waals surface area contributed by atoms with Gasteiger partial charge >= 0.3 is 0 Å². The van der Waals surface area contributed by atoms with Crippen molar-refractivity contribution in [2.75, 3.05) is 6.54 Å². The fourth-order valence-corrected chi connectivity index (χ4v) is 5.34. The fourth-order valence-electron chi connectivity index (χ4n) is 4.12. The molecule has 1 saturated carbocycles. The maximum atomic E-state index is 13.2. The summed E-state index contributed by atoms with van der Waals surface area (Å²) in [5.41, 5.74) is 2.08. The van der Waals surface area contributed by atoms with E-state index in [1.165, 1.54) is 22.6 Å². The van der Waals surface area contributed by atoms with Gasteiger partial charge in [-0.2, -0.15) is 0 Å². The molecule has 6 heteroatoms. The zero-order chi connectivity index (χ0) is 19.5. The molecular weight excluding hydrogens is 375 g/mol. The molecule has 0 saturated heterocycles. The van der Waals surface area contributed by atoms with E-state index in [1.807, 2.05) is 6.07 Å². The van der Waals surface area contributed by atoms with Crippen molar-refractivity contribution in [3.8, 4) is 0 Å². The number of hydrogen-bond donors (Lipinski definition) is 1. The molecular formula is C22H25FN2O2S. The van der Waals surface area contributed by atoms with E-state index >= 15 is 0 Å². The summed E-state index contributed by atoms with van der Waals surface area (Å²) in [6.45, 7) is 0.315. The SMILES string of the molecule is O=C(CN(Cc1ccc(F)cc1)C(=O)c1cc2c(s1)CCC2)NC1CCCC1. The number of rotatable bonds is 6. The maximum Gasteiger partial charge on any atom is 0.264 e. The first kappa shape index (κ1) is 19.1. The van der Waals surface area contributed by atoms with Gasteiger partial charge < -0.3 is 10.2 Å². The maximum absolute atomic E-state index is 13.2. The van der Waals surface area contributed by atoms with Crippen molar-refractivity contribution in [3.05, 3.63) is 57.0 Å². The third-order valence-electron chi connectivity index (χ3n) is 5.59. The van der Waals surface area contributed by atoms with Crippen LogP contribution < -0.4 is 5.32 Å². The summed E-state index contributed by atoms with van der Waals surface area (Å²) in [4.78, 5) is 29.3. The highest BCUT2D eigenvalue weighted by Gasteiger charge is 2.25. The zero-order valence-electron chi connectivity index (χ0n) is 15.9. The predicted octanol–water partition coefficient (Wildman–Crippen LogP) is 4.08. The number of carbonyl (C=O) groups excluding carboxylic acids is 2. The standard InChI is InChI=1S/C22H25FN2O2S/c23-17-10-8-15(9-11-17)13-25(14-21(26)24-18-5-1-2-6-18)22(27)20-12-16-4-3-7-19(16)28-20/h8-12,18H,1-7,13-14H2,(H,24,26). The molecule has 0 aliphatic heterocycles. The molecule has 148 valence electrons. The molecule has 2 aliphatic rings. The fraction of sp³-hybridized carbons (Fsp3) is 0.455. The Bertz CT molecular complexity index is 834. The molecule has 2 aromatic rings. The highest BCUT2D eigenvalue weighted by atomic mass is 32.1. The number of aryl methyl sites for hydroxylation is 2. The highest BCUT2D eigenvalue weighted by Crippen LogP contribution is 2.31. The molecule has 1 heterocycles. The van der Waals surface area contributed by atoms with Crippen LogP contribution in [0.25, 0.3) is 0 Å². The van der Waals surface area contributed by atoms with Crippen LogP contribution in [0.15, 0.2) is 30.3 Å². The van der Waals surface area contributed by atoms with Crippen LogP contribution in [0.5, 0.6) is 0 Å². The zero-order valence-corrected chi connectivity index (χ0v) is 16.7. The average molecular weight is 401 g/mol. The van der Waals surface area contributed by atoms with E-state index in [-0.39, 0.29) is 30.2 Å². The van der Waals surface area contributed by atoms with Gasteiger partial charge in [-0.05, 0) is 61.4 Å². The van der Waals surface area contributed by atoms with E-state index in [9.17, 15) is 14.0 Å². The van der Waals surface area contributed by atoms with Gasteiger partial charge in [0.1, 0.15) is 12.4 Å². The third kappa shape index (κ3) is 4.43. The van der Waals surface area contributed by atoms with Gasteiger partial charge in [0.15, 0.2) is 0 Å². The lowest BCUT2D eigenvalue weighted by atomic mass is 10.2. The Hall–Kier alpha value is -2.21. The monoisotopic (exact) mass is 400 g/mol. The number of thiophene rings is 1. The highest BCUT2D eigenvalue weighted by molar-refractivity contribution is 7.14. The molecule has 0 atom stereocenters. The largest absolute Gasteiger partial charge is 0.352 e. The van der Waals surface area contributed by atoms with Crippen LogP contribution in [0.2, 0.25) is 0 Å². The molecule has 0 spiro atoms. The van der Waals surface area contributed by atoms with Crippen LogP contribution in [0.4, 0.5) is 4.39 Å². The Labute approximate surface area is 168 Å². The summed E-state index contributed by atoms with van der Waals surface area (Å²) < 4.78 is 13.2. The summed E-state index contributed by atoms with van der Waals surface area (Å²) in [7, 11) is 0. The van der Waals surface area contributed by atoms with Crippen molar-refractivity contribution < 1.29 is 14.0 Å². The van der Waals surface area contributed by atoms with Crippen LogP contribution in [0.1, 0.15) is 57.8 Å². The second-order valence-corrected chi connectivity index (χ2v) is 8.89. The number of fused-ring (bicyclic) bond motifs is 1. The molecule has 4 nitrogen and oxygen atoms in total. The molecule has 2 aliphatic carbocycles. The first-order chi connectivity index (χ1) is 13.6. The van der Waals surface area contributed by atoms with Gasteiger partial charge in [-0.1, -0.05) is 25.0 Å². The number of carbonyl (C=O) groups is 2.